The van der Waals surface area contributed by atoms with Crippen LogP contribution in [0.2, 0.25) is 0 Å². The number of benzene rings is 1. The average molecular weight is 376 g/mol. The lowest BCUT2D eigenvalue weighted by Crippen LogP contribution is -1.99. The summed E-state index contributed by atoms with van der Waals surface area (Å²) in [4.78, 5) is 16.3. The van der Waals surface area contributed by atoms with E-state index in [1.54, 1.807) is 29.7 Å². The summed E-state index contributed by atoms with van der Waals surface area (Å²) < 4.78 is 1.91. The molecule has 6 nitrogen and oxygen atoms in total. The number of hydrogen-bond acceptors (Lipinski definition) is 5. The van der Waals surface area contributed by atoms with Crippen molar-refractivity contribution in [3.05, 3.63) is 74.4 Å². The predicted molar refractivity (Wildman–Crippen MR) is 105 cm³/mol. The third-order valence-electron chi connectivity index (χ3n) is 4.70. The quantitative estimate of drug-likeness (QED) is 0.367. The van der Waals surface area contributed by atoms with E-state index in [1.165, 1.54) is 29.0 Å². The molecule has 3 aromatic rings. The molecular formula is C20H16N4O2S. The summed E-state index contributed by atoms with van der Waals surface area (Å²) in [6, 6.07) is 12.5. The van der Waals surface area contributed by atoms with Crippen molar-refractivity contribution in [1.29, 1.82) is 5.26 Å². The summed E-state index contributed by atoms with van der Waals surface area (Å²) in [6.07, 6.45) is 7.93. The van der Waals surface area contributed by atoms with Crippen LogP contribution in [0.5, 0.6) is 0 Å². The highest BCUT2D eigenvalue weighted by Crippen LogP contribution is 2.39. The van der Waals surface area contributed by atoms with Gasteiger partial charge in [0.15, 0.2) is 0 Å². The highest BCUT2D eigenvalue weighted by atomic mass is 32.1. The molecule has 0 saturated carbocycles. The number of hydrogen-bond donors (Lipinski definition) is 0. The number of thiophene rings is 1. The Kier molecular flexibility index (Phi) is 4.57. The Bertz CT molecular complexity index is 1070. The van der Waals surface area contributed by atoms with E-state index >= 15 is 0 Å². The van der Waals surface area contributed by atoms with Crippen molar-refractivity contribution >= 4 is 28.2 Å². The first-order chi connectivity index (χ1) is 13.2. The van der Waals surface area contributed by atoms with Crippen LogP contribution >= 0.6 is 11.3 Å². The van der Waals surface area contributed by atoms with Crippen molar-refractivity contribution in [1.82, 2.24) is 4.57 Å². The van der Waals surface area contributed by atoms with Crippen LogP contribution in [0.4, 0.5) is 10.7 Å². The summed E-state index contributed by atoms with van der Waals surface area (Å²) in [7, 11) is 0. The lowest BCUT2D eigenvalue weighted by atomic mass is 9.96. The molecule has 2 heterocycles. The molecule has 1 aromatic carbocycles. The fourth-order valence-electron chi connectivity index (χ4n) is 3.35. The molecule has 0 bridgehead atoms. The second-order valence-electron chi connectivity index (χ2n) is 6.34. The van der Waals surface area contributed by atoms with E-state index < -0.39 is 4.92 Å². The first-order valence-corrected chi connectivity index (χ1v) is 9.50. The minimum Gasteiger partial charge on any atom is -0.316 e. The molecule has 4 rings (SSSR count). The molecule has 2 aromatic heterocycles. The molecule has 0 amide bonds. The number of aromatic nitrogens is 1. The van der Waals surface area contributed by atoms with Crippen LogP contribution in [-0.4, -0.2) is 15.7 Å². The van der Waals surface area contributed by atoms with E-state index in [2.05, 4.69) is 11.1 Å². The van der Waals surface area contributed by atoms with Gasteiger partial charge in [0.05, 0.1) is 22.4 Å². The minimum absolute atomic E-state index is 0.0592. The van der Waals surface area contributed by atoms with Gasteiger partial charge in [-0.2, -0.15) is 5.26 Å². The van der Waals surface area contributed by atoms with Gasteiger partial charge >= 0.3 is 0 Å². The van der Waals surface area contributed by atoms with Gasteiger partial charge in [-0.3, -0.25) is 10.1 Å². The van der Waals surface area contributed by atoms with Gasteiger partial charge in [0.25, 0.3) is 5.69 Å². The second kappa shape index (κ2) is 7.17. The zero-order valence-corrected chi connectivity index (χ0v) is 15.3. The molecule has 0 radical (unpaired) electrons. The minimum atomic E-state index is -0.413. The lowest BCUT2D eigenvalue weighted by molar-refractivity contribution is -0.384. The maximum absolute atomic E-state index is 10.8. The van der Waals surface area contributed by atoms with Gasteiger partial charge in [-0.25, -0.2) is 4.99 Å². The van der Waals surface area contributed by atoms with Crippen molar-refractivity contribution in [3.63, 3.8) is 0 Å². The number of fused-ring (bicyclic) bond motifs is 1. The number of nitrogens with zero attached hydrogens (tertiary/aromatic N) is 4. The van der Waals surface area contributed by atoms with Crippen LogP contribution in [0.15, 0.2) is 47.6 Å². The fourth-order valence-corrected chi connectivity index (χ4v) is 4.54. The van der Waals surface area contributed by atoms with Crippen molar-refractivity contribution in [3.8, 4) is 11.8 Å². The highest BCUT2D eigenvalue weighted by Gasteiger charge is 2.20. The molecule has 0 N–H and O–H groups in total. The number of nitriles is 1. The van der Waals surface area contributed by atoms with Gasteiger partial charge in [0.1, 0.15) is 11.1 Å². The summed E-state index contributed by atoms with van der Waals surface area (Å²) >= 11 is 1.61. The fraction of sp³-hybridized carbons (Fsp3) is 0.200. The summed E-state index contributed by atoms with van der Waals surface area (Å²) in [6.45, 7) is 0. The Balaban J connectivity index is 1.65. The molecule has 1 aliphatic carbocycles. The topological polar surface area (TPSA) is 84.2 Å². The van der Waals surface area contributed by atoms with Crippen LogP contribution in [0.3, 0.4) is 0 Å². The second-order valence-corrected chi connectivity index (χ2v) is 7.42. The van der Waals surface area contributed by atoms with Gasteiger partial charge < -0.3 is 4.57 Å². The molecule has 134 valence electrons. The Morgan fingerprint density at radius 1 is 1.22 bits per heavy atom. The Labute approximate surface area is 160 Å². The van der Waals surface area contributed by atoms with Gasteiger partial charge in [-0.15, -0.1) is 11.3 Å². The number of aliphatic imine (C=N–C) groups is 1. The van der Waals surface area contributed by atoms with Crippen LogP contribution in [0.1, 0.15) is 34.5 Å². The summed E-state index contributed by atoms with van der Waals surface area (Å²) in [5.41, 5.74) is 3.60. The molecule has 0 aliphatic heterocycles. The lowest BCUT2D eigenvalue weighted by Gasteiger charge is -2.09. The van der Waals surface area contributed by atoms with Crippen molar-refractivity contribution in [2.45, 2.75) is 25.7 Å². The third kappa shape index (κ3) is 3.27. The van der Waals surface area contributed by atoms with Gasteiger partial charge in [0.2, 0.25) is 0 Å². The normalized spacial score (nSPS) is 13.4. The van der Waals surface area contributed by atoms with Crippen LogP contribution in [-0.2, 0) is 12.8 Å². The van der Waals surface area contributed by atoms with E-state index in [0.29, 0.717) is 5.56 Å². The molecule has 0 fully saturated rings. The van der Waals surface area contributed by atoms with Crippen LogP contribution in [0.25, 0.3) is 5.69 Å². The van der Waals surface area contributed by atoms with Gasteiger partial charge in [0, 0.05) is 28.9 Å². The van der Waals surface area contributed by atoms with E-state index in [0.717, 1.165) is 35.6 Å². The molecule has 0 unspecified atom stereocenters. The van der Waals surface area contributed by atoms with Gasteiger partial charge in [-0.1, -0.05) is 0 Å². The van der Waals surface area contributed by atoms with Crippen LogP contribution in [0, 0.1) is 21.4 Å². The Morgan fingerprint density at radius 2 is 2.00 bits per heavy atom. The van der Waals surface area contributed by atoms with Gasteiger partial charge in [-0.05, 0) is 55.5 Å². The molecule has 27 heavy (non-hydrogen) atoms. The number of nitro benzene ring substituents is 1. The molecule has 0 spiro atoms. The van der Waals surface area contributed by atoms with Crippen molar-refractivity contribution in [2.75, 3.05) is 0 Å². The zero-order chi connectivity index (χ0) is 18.8. The molecule has 0 saturated heterocycles. The van der Waals surface area contributed by atoms with Crippen LogP contribution < -0.4 is 0 Å². The predicted octanol–water partition coefficient (Wildman–Crippen LogP) is 4.95. The Morgan fingerprint density at radius 3 is 2.74 bits per heavy atom. The van der Waals surface area contributed by atoms with Crippen molar-refractivity contribution < 1.29 is 4.92 Å². The molecule has 0 atom stereocenters. The first kappa shape index (κ1) is 17.2. The highest BCUT2D eigenvalue weighted by molar-refractivity contribution is 7.16. The number of aryl methyl sites for hydroxylation is 1. The summed E-state index contributed by atoms with van der Waals surface area (Å²) in [5.74, 6) is 0. The number of non-ortho nitro benzene ring substituents is 1. The molecular weight excluding hydrogens is 360 g/mol. The smallest absolute Gasteiger partial charge is 0.269 e. The largest absolute Gasteiger partial charge is 0.316 e. The van der Waals surface area contributed by atoms with E-state index in [-0.39, 0.29) is 5.69 Å². The van der Waals surface area contributed by atoms with E-state index in [9.17, 15) is 15.4 Å². The first-order valence-electron chi connectivity index (χ1n) is 8.68. The average Bonchev–Trinajstić information content (AvgIpc) is 3.30. The molecule has 7 heteroatoms. The zero-order valence-electron chi connectivity index (χ0n) is 14.5. The number of nitro groups is 1. The SMILES string of the molecule is N#Cc1c(N=Cc2cccn2-c2ccc([N+](=O)[O-])cc2)sc2c1CCCC2. The standard InChI is InChI=1S/C20H16N4O2S/c21-12-18-17-5-1-2-6-19(17)27-20(18)22-13-16-4-3-11-23(16)14-7-9-15(10-8-14)24(25)26/h3-4,7-11,13H,1-2,5-6H2. The van der Waals surface area contributed by atoms with E-state index in [4.69, 9.17) is 0 Å². The van der Waals surface area contributed by atoms with Crippen molar-refractivity contribution in [2.24, 2.45) is 4.99 Å². The third-order valence-corrected chi connectivity index (χ3v) is 5.90. The summed E-state index contributed by atoms with van der Waals surface area (Å²) in [5, 5.41) is 21.1. The molecule has 1 aliphatic rings. The maximum atomic E-state index is 10.8. The van der Waals surface area contributed by atoms with E-state index in [1.807, 2.05) is 22.9 Å². The maximum Gasteiger partial charge on any atom is 0.269 e. The monoisotopic (exact) mass is 376 g/mol. The number of rotatable bonds is 4. The Hall–Kier alpha value is -3.24.